The summed E-state index contributed by atoms with van der Waals surface area (Å²) in [7, 11) is 0. The van der Waals surface area contributed by atoms with E-state index in [1.54, 1.807) is 0 Å². The minimum Gasteiger partial charge on any atom is -0.488 e. The molecule has 1 nitrogen and oxygen atoms in total. The minimum absolute atomic E-state index is 0.0205. The van der Waals surface area contributed by atoms with Gasteiger partial charge in [-0.2, -0.15) is 0 Å². The number of benzene rings is 1. The SMILES string of the molecule is C#CCCc1ccc2c(c1)CCC(C)(C)O2. The van der Waals surface area contributed by atoms with E-state index in [0.717, 1.165) is 31.4 Å². The maximum Gasteiger partial charge on any atom is 0.123 e. The summed E-state index contributed by atoms with van der Waals surface area (Å²) < 4.78 is 5.94. The number of hydrogen-bond donors (Lipinski definition) is 0. The average molecular weight is 214 g/mol. The van der Waals surface area contributed by atoms with Crippen LogP contribution in [0.1, 0.15) is 37.8 Å². The zero-order valence-corrected chi connectivity index (χ0v) is 10.0. The second-order valence-electron chi connectivity index (χ2n) is 5.01. The fourth-order valence-corrected chi connectivity index (χ4v) is 2.08. The van der Waals surface area contributed by atoms with Crippen LogP contribution in [0.4, 0.5) is 0 Å². The molecule has 84 valence electrons. The lowest BCUT2D eigenvalue weighted by molar-refractivity contribution is 0.0846. The third-order valence-corrected chi connectivity index (χ3v) is 3.07. The highest BCUT2D eigenvalue weighted by molar-refractivity contribution is 5.39. The second-order valence-corrected chi connectivity index (χ2v) is 5.01. The summed E-state index contributed by atoms with van der Waals surface area (Å²) in [6.45, 7) is 4.28. The van der Waals surface area contributed by atoms with Crippen molar-refractivity contribution in [1.82, 2.24) is 0 Å². The Morgan fingerprint density at radius 2 is 2.25 bits per heavy atom. The fourth-order valence-electron chi connectivity index (χ4n) is 2.08. The number of fused-ring (bicyclic) bond motifs is 1. The molecule has 0 radical (unpaired) electrons. The Bertz CT molecular complexity index is 424. The van der Waals surface area contributed by atoms with Gasteiger partial charge in [0.05, 0.1) is 0 Å². The topological polar surface area (TPSA) is 9.23 Å². The van der Waals surface area contributed by atoms with Crippen molar-refractivity contribution in [3.05, 3.63) is 29.3 Å². The maximum absolute atomic E-state index is 5.94. The fraction of sp³-hybridized carbons (Fsp3) is 0.467. The summed E-state index contributed by atoms with van der Waals surface area (Å²) in [5.74, 6) is 3.72. The van der Waals surface area contributed by atoms with Gasteiger partial charge in [0.15, 0.2) is 0 Å². The van der Waals surface area contributed by atoms with Gasteiger partial charge in [-0.3, -0.25) is 0 Å². The summed E-state index contributed by atoms with van der Waals surface area (Å²) in [6, 6.07) is 6.45. The summed E-state index contributed by atoms with van der Waals surface area (Å²) in [5, 5.41) is 0. The van der Waals surface area contributed by atoms with Gasteiger partial charge in [0, 0.05) is 6.42 Å². The molecule has 1 heterocycles. The molecule has 0 saturated heterocycles. The van der Waals surface area contributed by atoms with Crippen molar-refractivity contribution in [1.29, 1.82) is 0 Å². The molecular weight excluding hydrogens is 196 g/mol. The van der Waals surface area contributed by atoms with Gasteiger partial charge in [-0.05, 0) is 50.3 Å². The summed E-state index contributed by atoms with van der Waals surface area (Å²) in [6.07, 6.45) is 9.24. The molecule has 0 atom stereocenters. The van der Waals surface area contributed by atoms with Crippen molar-refractivity contribution >= 4 is 0 Å². The minimum atomic E-state index is -0.0205. The van der Waals surface area contributed by atoms with Gasteiger partial charge in [0.1, 0.15) is 11.4 Å². The van der Waals surface area contributed by atoms with E-state index in [1.165, 1.54) is 11.1 Å². The summed E-state index contributed by atoms with van der Waals surface area (Å²) in [5.41, 5.74) is 2.63. The molecule has 1 aliphatic heterocycles. The molecule has 0 aromatic heterocycles. The first-order valence-electron chi connectivity index (χ1n) is 5.85. The van der Waals surface area contributed by atoms with E-state index in [0.29, 0.717) is 0 Å². The molecule has 0 saturated carbocycles. The molecule has 1 heteroatoms. The van der Waals surface area contributed by atoms with Crippen LogP contribution < -0.4 is 4.74 Å². The smallest absolute Gasteiger partial charge is 0.123 e. The maximum atomic E-state index is 5.94. The van der Waals surface area contributed by atoms with Crippen molar-refractivity contribution in [2.75, 3.05) is 0 Å². The lowest BCUT2D eigenvalue weighted by Gasteiger charge is -2.32. The van der Waals surface area contributed by atoms with Crippen LogP contribution in [0.5, 0.6) is 5.75 Å². The van der Waals surface area contributed by atoms with E-state index < -0.39 is 0 Å². The van der Waals surface area contributed by atoms with E-state index in [1.807, 2.05) is 0 Å². The van der Waals surface area contributed by atoms with Crippen LogP contribution in [-0.4, -0.2) is 5.60 Å². The highest BCUT2D eigenvalue weighted by atomic mass is 16.5. The number of hydrogen-bond acceptors (Lipinski definition) is 1. The summed E-state index contributed by atoms with van der Waals surface area (Å²) >= 11 is 0. The Labute approximate surface area is 97.8 Å². The standard InChI is InChI=1S/C15H18O/c1-4-5-6-12-7-8-14-13(11-12)9-10-15(2,3)16-14/h1,7-8,11H,5-6,9-10H2,2-3H3. The monoisotopic (exact) mass is 214 g/mol. The first kappa shape index (κ1) is 11.1. The number of ether oxygens (including phenoxy) is 1. The molecule has 0 aliphatic carbocycles. The number of rotatable bonds is 2. The lowest BCUT2D eigenvalue weighted by atomic mass is 9.93. The molecule has 1 aromatic rings. The van der Waals surface area contributed by atoms with Gasteiger partial charge in [0.25, 0.3) is 0 Å². The first-order valence-corrected chi connectivity index (χ1v) is 5.85. The quantitative estimate of drug-likeness (QED) is 0.686. The van der Waals surface area contributed by atoms with Crippen LogP contribution in [-0.2, 0) is 12.8 Å². The molecule has 1 aliphatic rings. The van der Waals surface area contributed by atoms with E-state index >= 15 is 0 Å². The molecule has 16 heavy (non-hydrogen) atoms. The van der Waals surface area contributed by atoms with Gasteiger partial charge < -0.3 is 4.74 Å². The molecule has 0 spiro atoms. The van der Waals surface area contributed by atoms with E-state index in [-0.39, 0.29) is 5.60 Å². The third-order valence-electron chi connectivity index (χ3n) is 3.07. The third kappa shape index (κ3) is 2.39. The molecule has 0 bridgehead atoms. The Hall–Kier alpha value is -1.42. The zero-order valence-electron chi connectivity index (χ0n) is 10.0. The first-order chi connectivity index (χ1) is 7.61. The average Bonchev–Trinajstić information content (AvgIpc) is 2.25. The normalized spacial score (nSPS) is 17.1. The van der Waals surface area contributed by atoms with Crippen molar-refractivity contribution in [3.63, 3.8) is 0 Å². The molecule has 0 unspecified atom stereocenters. The predicted molar refractivity (Wildman–Crippen MR) is 66.6 cm³/mol. The second kappa shape index (κ2) is 4.22. The number of aryl methyl sites for hydroxylation is 2. The van der Waals surface area contributed by atoms with Gasteiger partial charge in [-0.25, -0.2) is 0 Å². The highest BCUT2D eigenvalue weighted by Crippen LogP contribution is 2.33. The Morgan fingerprint density at radius 1 is 1.44 bits per heavy atom. The van der Waals surface area contributed by atoms with Crippen LogP contribution >= 0.6 is 0 Å². The molecule has 0 fully saturated rings. The van der Waals surface area contributed by atoms with Gasteiger partial charge in [-0.1, -0.05) is 12.1 Å². The van der Waals surface area contributed by atoms with Crippen LogP contribution in [0.25, 0.3) is 0 Å². The molecule has 0 amide bonds. The molecule has 1 aromatic carbocycles. The molecular formula is C15H18O. The van der Waals surface area contributed by atoms with Crippen LogP contribution in [0.2, 0.25) is 0 Å². The summed E-state index contributed by atoms with van der Waals surface area (Å²) in [4.78, 5) is 0. The Balaban J connectivity index is 2.19. The highest BCUT2D eigenvalue weighted by Gasteiger charge is 2.26. The predicted octanol–water partition coefficient (Wildman–Crippen LogP) is 3.36. The molecule has 2 rings (SSSR count). The largest absolute Gasteiger partial charge is 0.488 e. The Morgan fingerprint density at radius 3 is 3.00 bits per heavy atom. The van der Waals surface area contributed by atoms with E-state index in [4.69, 9.17) is 11.2 Å². The van der Waals surface area contributed by atoms with Crippen LogP contribution in [0, 0.1) is 12.3 Å². The Kier molecular flexibility index (Phi) is 2.92. The molecule has 0 N–H and O–H groups in total. The van der Waals surface area contributed by atoms with Gasteiger partial charge in [-0.15, -0.1) is 12.3 Å². The van der Waals surface area contributed by atoms with E-state index in [9.17, 15) is 0 Å². The van der Waals surface area contributed by atoms with Crippen molar-refractivity contribution in [3.8, 4) is 18.1 Å². The van der Waals surface area contributed by atoms with Gasteiger partial charge in [0.2, 0.25) is 0 Å². The van der Waals surface area contributed by atoms with Crippen molar-refractivity contribution in [2.24, 2.45) is 0 Å². The van der Waals surface area contributed by atoms with Crippen molar-refractivity contribution in [2.45, 2.75) is 45.1 Å². The van der Waals surface area contributed by atoms with Crippen LogP contribution in [0.15, 0.2) is 18.2 Å². The van der Waals surface area contributed by atoms with Crippen molar-refractivity contribution < 1.29 is 4.74 Å². The number of terminal acetylenes is 1. The van der Waals surface area contributed by atoms with E-state index in [2.05, 4.69) is 38.0 Å². The lowest BCUT2D eigenvalue weighted by Crippen LogP contribution is -2.32. The van der Waals surface area contributed by atoms with Crippen LogP contribution in [0.3, 0.4) is 0 Å². The zero-order chi connectivity index (χ0) is 11.6. The van der Waals surface area contributed by atoms with Gasteiger partial charge >= 0.3 is 0 Å².